The molecule has 0 heterocycles. The Labute approximate surface area is 73.9 Å². The molecular weight excluding hydrogens is 162 g/mol. The number of halogens is 1. The highest BCUT2D eigenvalue weighted by molar-refractivity contribution is 5.85. The Bertz CT molecular complexity index is 139. The van der Waals surface area contributed by atoms with Crippen LogP contribution in [0.4, 0.5) is 0 Å². The summed E-state index contributed by atoms with van der Waals surface area (Å²) in [5.41, 5.74) is 5.19. The van der Waals surface area contributed by atoms with Crippen LogP contribution in [0.1, 0.15) is 26.7 Å². The van der Waals surface area contributed by atoms with E-state index in [-0.39, 0.29) is 24.2 Å². The number of primary amides is 1. The fourth-order valence-corrected chi connectivity index (χ4v) is 1.98. The van der Waals surface area contributed by atoms with Gasteiger partial charge in [-0.1, -0.05) is 26.7 Å². The molecule has 0 aromatic carbocycles. The smallest absolute Gasteiger partial charge is 0.221 e. The van der Waals surface area contributed by atoms with E-state index >= 15 is 0 Å². The predicted molar refractivity (Wildman–Crippen MR) is 47.5 cm³/mol. The van der Waals surface area contributed by atoms with Crippen molar-refractivity contribution in [3.8, 4) is 0 Å². The maximum atomic E-state index is 10.7. The van der Waals surface area contributed by atoms with Crippen molar-refractivity contribution in [2.24, 2.45) is 23.5 Å². The first-order chi connectivity index (χ1) is 4.72. The molecule has 0 spiro atoms. The normalized spacial score (nSPS) is 34.2. The van der Waals surface area contributed by atoms with E-state index in [1.807, 2.05) is 0 Å². The molecule has 3 heteroatoms. The summed E-state index contributed by atoms with van der Waals surface area (Å²) in [6.45, 7) is 4.24. The molecule has 0 radical (unpaired) electrons. The maximum absolute atomic E-state index is 10.7. The third-order valence-electron chi connectivity index (χ3n) is 2.60. The second kappa shape index (κ2) is 3.96. The molecule has 0 aromatic rings. The van der Waals surface area contributed by atoms with Gasteiger partial charge in [-0.15, -0.1) is 12.4 Å². The summed E-state index contributed by atoms with van der Waals surface area (Å²) in [6, 6.07) is 0. The Hall–Kier alpha value is -0.240. The van der Waals surface area contributed by atoms with Crippen molar-refractivity contribution in [3.63, 3.8) is 0 Å². The summed E-state index contributed by atoms with van der Waals surface area (Å²) >= 11 is 0. The van der Waals surface area contributed by atoms with Crippen LogP contribution < -0.4 is 5.73 Å². The van der Waals surface area contributed by atoms with E-state index in [1.54, 1.807) is 0 Å². The van der Waals surface area contributed by atoms with E-state index in [0.29, 0.717) is 11.8 Å². The van der Waals surface area contributed by atoms with Gasteiger partial charge < -0.3 is 5.73 Å². The van der Waals surface area contributed by atoms with E-state index < -0.39 is 0 Å². The standard InChI is InChI=1S/C8H15NO.ClH/c1-3-5-6(4-2)7(5)8(9)10;/h5-7H,3-4H2,1-2H3,(H2,9,10);1H. The van der Waals surface area contributed by atoms with Gasteiger partial charge in [0.15, 0.2) is 0 Å². The molecule has 1 fully saturated rings. The Morgan fingerprint density at radius 2 is 1.64 bits per heavy atom. The van der Waals surface area contributed by atoms with Crippen LogP contribution in [0.3, 0.4) is 0 Å². The van der Waals surface area contributed by atoms with Crippen LogP contribution in [0.15, 0.2) is 0 Å². The first kappa shape index (κ1) is 10.8. The number of amides is 1. The van der Waals surface area contributed by atoms with Gasteiger partial charge in [-0.3, -0.25) is 4.79 Å². The number of nitrogens with two attached hydrogens (primary N) is 1. The SMILES string of the molecule is CCC1C(CC)C1C(N)=O.Cl. The molecule has 2 unspecified atom stereocenters. The minimum Gasteiger partial charge on any atom is -0.369 e. The van der Waals surface area contributed by atoms with E-state index in [2.05, 4.69) is 13.8 Å². The monoisotopic (exact) mass is 177 g/mol. The topological polar surface area (TPSA) is 43.1 Å². The minimum atomic E-state index is -0.0984. The third kappa shape index (κ3) is 1.86. The number of carbonyl (C=O) groups is 1. The van der Waals surface area contributed by atoms with Gasteiger partial charge in [-0.05, 0) is 11.8 Å². The van der Waals surface area contributed by atoms with Crippen LogP contribution in [0, 0.1) is 17.8 Å². The van der Waals surface area contributed by atoms with Crippen LogP contribution in [0.2, 0.25) is 0 Å². The van der Waals surface area contributed by atoms with Gasteiger partial charge in [-0.2, -0.15) is 0 Å². The molecule has 0 saturated heterocycles. The van der Waals surface area contributed by atoms with Crippen LogP contribution in [0.5, 0.6) is 0 Å². The van der Waals surface area contributed by atoms with E-state index in [9.17, 15) is 4.79 Å². The second-order valence-electron chi connectivity index (χ2n) is 3.07. The third-order valence-corrected chi connectivity index (χ3v) is 2.60. The predicted octanol–water partition coefficient (Wildman–Crippen LogP) is 1.58. The summed E-state index contributed by atoms with van der Waals surface area (Å²) in [4.78, 5) is 10.7. The zero-order chi connectivity index (χ0) is 7.72. The zero-order valence-corrected chi connectivity index (χ0v) is 7.86. The highest BCUT2D eigenvalue weighted by atomic mass is 35.5. The van der Waals surface area contributed by atoms with Crippen molar-refractivity contribution in [2.75, 3.05) is 0 Å². The minimum absolute atomic E-state index is 0. The molecule has 0 bridgehead atoms. The Balaban J connectivity index is 0.000001000. The van der Waals surface area contributed by atoms with Crippen LogP contribution in [-0.4, -0.2) is 5.91 Å². The molecule has 2 N–H and O–H groups in total. The maximum Gasteiger partial charge on any atom is 0.221 e. The number of hydrogen-bond donors (Lipinski definition) is 1. The molecule has 1 rings (SSSR count). The van der Waals surface area contributed by atoms with E-state index in [4.69, 9.17) is 5.73 Å². The largest absolute Gasteiger partial charge is 0.369 e. The lowest BCUT2D eigenvalue weighted by molar-refractivity contribution is -0.119. The van der Waals surface area contributed by atoms with Gasteiger partial charge in [0.2, 0.25) is 5.91 Å². The van der Waals surface area contributed by atoms with Crippen molar-refractivity contribution in [1.82, 2.24) is 0 Å². The van der Waals surface area contributed by atoms with Gasteiger partial charge in [0.25, 0.3) is 0 Å². The summed E-state index contributed by atoms with van der Waals surface area (Å²) in [6.07, 6.45) is 2.21. The van der Waals surface area contributed by atoms with Crippen molar-refractivity contribution in [2.45, 2.75) is 26.7 Å². The summed E-state index contributed by atoms with van der Waals surface area (Å²) in [5.74, 6) is 1.30. The molecule has 0 aliphatic heterocycles. The second-order valence-corrected chi connectivity index (χ2v) is 3.07. The van der Waals surface area contributed by atoms with Crippen LogP contribution in [-0.2, 0) is 4.79 Å². The molecule has 1 saturated carbocycles. The Morgan fingerprint density at radius 3 is 1.73 bits per heavy atom. The lowest BCUT2D eigenvalue weighted by atomic mass is 10.2. The number of hydrogen-bond acceptors (Lipinski definition) is 1. The van der Waals surface area contributed by atoms with Crippen molar-refractivity contribution < 1.29 is 4.79 Å². The zero-order valence-electron chi connectivity index (χ0n) is 7.04. The van der Waals surface area contributed by atoms with Gasteiger partial charge in [-0.25, -0.2) is 0 Å². The molecule has 2 nitrogen and oxygen atoms in total. The van der Waals surface area contributed by atoms with Gasteiger partial charge in [0.05, 0.1) is 0 Å². The van der Waals surface area contributed by atoms with Gasteiger partial charge >= 0.3 is 0 Å². The van der Waals surface area contributed by atoms with Crippen molar-refractivity contribution in [1.29, 1.82) is 0 Å². The highest BCUT2D eigenvalue weighted by Gasteiger charge is 2.50. The molecule has 66 valence electrons. The highest BCUT2D eigenvalue weighted by Crippen LogP contribution is 2.50. The quantitative estimate of drug-likeness (QED) is 0.699. The molecule has 1 aliphatic rings. The molecule has 2 atom stereocenters. The van der Waals surface area contributed by atoms with Gasteiger partial charge in [0.1, 0.15) is 0 Å². The fourth-order valence-electron chi connectivity index (χ4n) is 1.98. The lowest BCUT2D eigenvalue weighted by Crippen LogP contribution is -2.14. The summed E-state index contributed by atoms with van der Waals surface area (Å²) < 4.78 is 0. The molecular formula is C8H16ClNO. The lowest BCUT2D eigenvalue weighted by Gasteiger charge is -1.86. The van der Waals surface area contributed by atoms with Crippen molar-refractivity contribution >= 4 is 18.3 Å². The van der Waals surface area contributed by atoms with Gasteiger partial charge in [0, 0.05) is 5.92 Å². The first-order valence-corrected chi connectivity index (χ1v) is 4.01. The fraction of sp³-hybridized carbons (Fsp3) is 0.875. The van der Waals surface area contributed by atoms with Crippen LogP contribution in [0.25, 0.3) is 0 Å². The number of rotatable bonds is 3. The summed E-state index contributed by atoms with van der Waals surface area (Å²) in [5, 5.41) is 0. The molecule has 1 amide bonds. The van der Waals surface area contributed by atoms with E-state index in [1.165, 1.54) is 0 Å². The van der Waals surface area contributed by atoms with Crippen LogP contribution >= 0.6 is 12.4 Å². The average Bonchev–Trinajstić information content (AvgIpc) is 2.60. The number of carbonyl (C=O) groups excluding carboxylic acids is 1. The van der Waals surface area contributed by atoms with Crippen molar-refractivity contribution in [3.05, 3.63) is 0 Å². The average molecular weight is 178 g/mol. The summed E-state index contributed by atoms with van der Waals surface area (Å²) in [7, 11) is 0. The molecule has 11 heavy (non-hydrogen) atoms. The molecule has 0 aromatic heterocycles. The first-order valence-electron chi connectivity index (χ1n) is 4.01. The Kier molecular flexibility index (Phi) is 3.87. The Morgan fingerprint density at radius 1 is 1.27 bits per heavy atom. The van der Waals surface area contributed by atoms with E-state index in [0.717, 1.165) is 12.8 Å². The molecule has 1 aliphatic carbocycles.